The molecule has 0 saturated heterocycles. The van der Waals surface area contributed by atoms with Crippen molar-refractivity contribution in [3.63, 3.8) is 0 Å². The summed E-state index contributed by atoms with van der Waals surface area (Å²) in [6.45, 7) is 1.77. The van der Waals surface area contributed by atoms with Gasteiger partial charge in [0.15, 0.2) is 0 Å². The maximum absolute atomic E-state index is 11.3. The van der Waals surface area contributed by atoms with Gasteiger partial charge in [-0.25, -0.2) is 4.79 Å². The lowest BCUT2D eigenvalue weighted by Gasteiger charge is -2.08. The van der Waals surface area contributed by atoms with Gasteiger partial charge in [0.2, 0.25) is 0 Å². The molecule has 1 aromatic heterocycles. The number of aryl methyl sites for hydroxylation is 1. The number of hydrogen-bond donors (Lipinski definition) is 1. The monoisotopic (exact) mass is 237 g/mol. The Morgan fingerprint density at radius 3 is 2.67 bits per heavy atom. The SMILES string of the molecule is Cc1cnc2c(ccc3ccccc32)c1C(=O)O. The summed E-state index contributed by atoms with van der Waals surface area (Å²) in [7, 11) is 0. The summed E-state index contributed by atoms with van der Waals surface area (Å²) in [5.41, 5.74) is 1.77. The largest absolute Gasteiger partial charge is 0.478 e. The third kappa shape index (κ3) is 1.44. The van der Waals surface area contributed by atoms with E-state index in [-0.39, 0.29) is 0 Å². The molecular weight excluding hydrogens is 226 g/mol. The fourth-order valence-corrected chi connectivity index (χ4v) is 2.32. The molecule has 0 amide bonds. The van der Waals surface area contributed by atoms with Crippen LogP contribution >= 0.6 is 0 Å². The van der Waals surface area contributed by atoms with E-state index < -0.39 is 5.97 Å². The number of carboxylic acid groups (broad SMARTS) is 1. The first-order valence-electron chi connectivity index (χ1n) is 5.69. The molecule has 0 radical (unpaired) electrons. The summed E-state index contributed by atoms with van der Waals surface area (Å²) < 4.78 is 0. The number of hydrogen-bond acceptors (Lipinski definition) is 2. The standard InChI is InChI=1S/C15H11NO2/c1-9-8-16-14-11-5-3-2-4-10(11)6-7-12(14)13(9)15(17)18/h2-8H,1H3,(H,17,18). The van der Waals surface area contributed by atoms with Gasteiger partial charge in [-0.05, 0) is 17.9 Å². The van der Waals surface area contributed by atoms with Crippen molar-refractivity contribution in [2.75, 3.05) is 0 Å². The van der Waals surface area contributed by atoms with E-state index in [1.165, 1.54) is 0 Å². The molecule has 88 valence electrons. The smallest absolute Gasteiger partial charge is 0.336 e. The molecule has 3 rings (SSSR count). The van der Waals surface area contributed by atoms with Gasteiger partial charge >= 0.3 is 5.97 Å². The molecule has 1 N–H and O–H groups in total. The van der Waals surface area contributed by atoms with E-state index in [4.69, 9.17) is 0 Å². The van der Waals surface area contributed by atoms with Gasteiger partial charge in [0, 0.05) is 17.0 Å². The highest BCUT2D eigenvalue weighted by Crippen LogP contribution is 2.27. The Hall–Kier alpha value is -2.42. The zero-order valence-electron chi connectivity index (χ0n) is 9.84. The van der Waals surface area contributed by atoms with Crippen LogP contribution in [0.1, 0.15) is 15.9 Å². The molecule has 1 heterocycles. The molecule has 0 bridgehead atoms. The van der Waals surface area contributed by atoms with Gasteiger partial charge in [-0.3, -0.25) is 4.98 Å². The maximum Gasteiger partial charge on any atom is 0.336 e. The van der Waals surface area contributed by atoms with E-state index in [0.29, 0.717) is 16.5 Å². The average molecular weight is 237 g/mol. The number of carboxylic acids is 1. The van der Waals surface area contributed by atoms with E-state index in [9.17, 15) is 9.90 Å². The van der Waals surface area contributed by atoms with Gasteiger partial charge in [-0.15, -0.1) is 0 Å². The molecule has 2 aromatic carbocycles. The van der Waals surface area contributed by atoms with E-state index in [1.54, 1.807) is 13.1 Å². The predicted octanol–water partition coefficient (Wildman–Crippen LogP) is 3.39. The number of aromatic nitrogens is 1. The van der Waals surface area contributed by atoms with Crippen LogP contribution < -0.4 is 0 Å². The Bertz CT molecular complexity index is 778. The van der Waals surface area contributed by atoms with Crippen molar-refractivity contribution in [1.29, 1.82) is 0 Å². The van der Waals surface area contributed by atoms with E-state index in [2.05, 4.69) is 4.98 Å². The van der Waals surface area contributed by atoms with Crippen LogP contribution in [0.25, 0.3) is 21.7 Å². The zero-order chi connectivity index (χ0) is 12.7. The van der Waals surface area contributed by atoms with Gasteiger partial charge in [-0.1, -0.05) is 36.4 Å². The lowest BCUT2D eigenvalue weighted by atomic mass is 10.0. The second kappa shape index (κ2) is 3.81. The van der Waals surface area contributed by atoms with Crippen LogP contribution in [0.3, 0.4) is 0 Å². The van der Waals surface area contributed by atoms with Crippen molar-refractivity contribution in [3.05, 3.63) is 53.7 Å². The number of pyridine rings is 1. The first kappa shape index (κ1) is 10.7. The van der Waals surface area contributed by atoms with Crippen LogP contribution in [0, 0.1) is 6.92 Å². The average Bonchev–Trinajstić information content (AvgIpc) is 2.37. The molecule has 0 unspecified atom stereocenters. The topological polar surface area (TPSA) is 50.2 Å². The second-order valence-corrected chi connectivity index (χ2v) is 4.30. The van der Waals surface area contributed by atoms with Gasteiger partial charge in [0.25, 0.3) is 0 Å². The van der Waals surface area contributed by atoms with Gasteiger partial charge < -0.3 is 5.11 Å². The molecule has 3 aromatic rings. The number of nitrogens with zero attached hydrogens (tertiary/aromatic N) is 1. The quantitative estimate of drug-likeness (QED) is 0.660. The summed E-state index contributed by atoms with van der Waals surface area (Å²) in [6.07, 6.45) is 1.62. The van der Waals surface area contributed by atoms with Crippen LogP contribution in [-0.4, -0.2) is 16.1 Å². The molecule has 0 saturated carbocycles. The minimum absolute atomic E-state index is 0.339. The lowest BCUT2D eigenvalue weighted by Crippen LogP contribution is -2.02. The van der Waals surface area contributed by atoms with Crippen molar-refractivity contribution < 1.29 is 9.90 Å². The van der Waals surface area contributed by atoms with Crippen molar-refractivity contribution in [2.24, 2.45) is 0 Å². The molecular formula is C15H11NO2. The van der Waals surface area contributed by atoms with Crippen LogP contribution in [0.4, 0.5) is 0 Å². The second-order valence-electron chi connectivity index (χ2n) is 4.30. The highest BCUT2D eigenvalue weighted by atomic mass is 16.4. The Labute approximate surface area is 104 Å². The Kier molecular flexibility index (Phi) is 2.27. The van der Waals surface area contributed by atoms with Crippen LogP contribution in [0.5, 0.6) is 0 Å². The third-order valence-corrected chi connectivity index (χ3v) is 3.17. The Morgan fingerprint density at radius 1 is 1.11 bits per heavy atom. The number of benzene rings is 2. The summed E-state index contributed by atoms with van der Waals surface area (Å²) in [5.74, 6) is -0.907. The first-order valence-corrected chi connectivity index (χ1v) is 5.69. The van der Waals surface area contributed by atoms with Gasteiger partial charge in [-0.2, -0.15) is 0 Å². The fourth-order valence-electron chi connectivity index (χ4n) is 2.32. The van der Waals surface area contributed by atoms with E-state index in [1.807, 2.05) is 36.4 Å². The lowest BCUT2D eigenvalue weighted by molar-refractivity contribution is 0.0698. The predicted molar refractivity (Wildman–Crippen MR) is 70.9 cm³/mol. The number of aromatic carboxylic acids is 1. The van der Waals surface area contributed by atoms with Crippen molar-refractivity contribution in [2.45, 2.75) is 6.92 Å². The summed E-state index contributed by atoms with van der Waals surface area (Å²) in [5, 5.41) is 12.1. The summed E-state index contributed by atoms with van der Waals surface area (Å²) in [6, 6.07) is 11.6. The molecule has 0 aliphatic heterocycles. The minimum Gasteiger partial charge on any atom is -0.478 e. The first-order chi connectivity index (χ1) is 8.68. The summed E-state index contributed by atoms with van der Waals surface area (Å²) >= 11 is 0. The van der Waals surface area contributed by atoms with E-state index in [0.717, 1.165) is 16.3 Å². The third-order valence-electron chi connectivity index (χ3n) is 3.17. The fraction of sp³-hybridized carbons (Fsp3) is 0.0667. The van der Waals surface area contributed by atoms with Crippen molar-refractivity contribution in [1.82, 2.24) is 4.98 Å². The van der Waals surface area contributed by atoms with Crippen LogP contribution in [-0.2, 0) is 0 Å². The highest BCUT2D eigenvalue weighted by Gasteiger charge is 2.13. The molecule has 3 heteroatoms. The molecule has 0 fully saturated rings. The Balaban J connectivity index is 2.55. The molecule has 0 spiro atoms. The molecule has 0 atom stereocenters. The van der Waals surface area contributed by atoms with Crippen LogP contribution in [0.15, 0.2) is 42.6 Å². The molecule has 0 aliphatic rings. The molecule has 3 nitrogen and oxygen atoms in total. The Morgan fingerprint density at radius 2 is 1.89 bits per heavy atom. The van der Waals surface area contributed by atoms with Crippen molar-refractivity contribution in [3.8, 4) is 0 Å². The van der Waals surface area contributed by atoms with Crippen LogP contribution in [0.2, 0.25) is 0 Å². The van der Waals surface area contributed by atoms with E-state index >= 15 is 0 Å². The number of carbonyl (C=O) groups is 1. The highest BCUT2D eigenvalue weighted by molar-refractivity contribution is 6.12. The summed E-state index contributed by atoms with van der Waals surface area (Å²) in [4.78, 5) is 15.7. The van der Waals surface area contributed by atoms with Gasteiger partial charge in [0.1, 0.15) is 0 Å². The minimum atomic E-state index is -0.907. The normalized spacial score (nSPS) is 10.9. The number of rotatable bonds is 1. The zero-order valence-corrected chi connectivity index (χ0v) is 9.84. The van der Waals surface area contributed by atoms with Gasteiger partial charge in [0.05, 0.1) is 11.1 Å². The maximum atomic E-state index is 11.3. The molecule has 18 heavy (non-hydrogen) atoms. The molecule has 0 aliphatic carbocycles. The number of fused-ring (bicyclic) bond motifs is 3. The van der Waals surface area contributed by atoms with Crippen molar-refractivity contribution >= 4 is 27.6 Å².